The molecular formula is C20H24N2O3. The van der Waals surface area contributed by atoms with Gasteiger partial charge in [-0.25, -0.2) is 0 Å². The molecule has 0 atom stereocenters. The van der Waals surface area contributed by atoms with Crippen molar-refractivity contribution < 1.29 is 14.3 Å². The lowest BCUT2D eigenvalue weighted by molar-refractivity contribution is -0.117. The second-order valence-corrected chi connectivity index (χ2v) is 5.73. The van der Waals surface area contributed by atoms with Crippen LogP contribution in [0.15, 0.2) is 48.5 Å². The zero-order valence-electron chi connectivity index (χ0n) is 14.9. The first kappa shape index (κ1) is 18.5. The summed E-state index contributed by atoms with van der Waals surface area (Å²) in [6.07, 6.45) is 0.202. The first-order valence-corrected chi connectivity index (χ1v) is 8.37. The van der Waals surface area contributed by atoms with Crippen molar-refractivity contribution in [2.24, 2.45) is 0 Å². The van der Waals surface area contributed by atoms with Gasteiger partial charge in [0.15, 0.2) is 0 Å². The van der Waals surface area contributed by atoms with Crippen molar-refractivity contribution >= 4 is 23.2 Å². The van der Waals surface area contributed by atoms with Gasteiger partial charge >= 0.3 is 0 Å². The molecule has 5 nitrogen and oxygen atoms in total. The number of rotatable bonds is 7. The Balaban J connectivity index is 2.00. The normalized spacial score (nSPS) is 10.2. The van der Waals surface area contributed by atoms with Gasteiger partial charge in [0.05, 0.1) is 12.3 Å². The highest BCUT2D eigenvalue weighted by atomic mass is 16.5. The summed E-state index contributed by atoms with van der Waals surface area (Å²) in [5.41, 5.74) is 2.55. The molecule has 0 fully saturated rings. The fraction of sp³-hybridized carbons (Fsp3) is 0.300. The lowest BCUT2D eigenvalue weighted by atomic mass is 10.2. The molecule has 0 unspecified atom stereocenters. The molecule has 0 saturated heterocycles. The SMILES string of the molecule is CCOc1ccccc1NC(=O)CCN(C(C)=O)c1ccc(C)cc1. The molecule has 2 aromatic carbocycles. The monoisotopic (exact) mass is 340 g/mol. The number of para-hydroxylation sites is 2. The predicted molar refractivity (Wildman–Crippen MR) is 100 cm³/mol. The summed E-state index contributed by atoms with van der Waals surface area (Å²) in [4.78, 5) is 25.8. The molecule has 0 heterocycles. The number of ether oxygens (including phenoxy) is 1. The Morgan fingerprint density at radius 3 is 2.40 bits per heavy atom. The van der Waals surface area contributed by atoms with E-state index in [1.807, 2.05) is 56.3 Å². The highest BCUT2D eigenvalue weighted by Gasteiger charge is 2.14. The third kappa shape index (κ3) is 5.35. The maximum atomic E-state index is 12.3. The van der Waals surface area contributed by atoms with Gasteiger partial charge in [0.1, 0.15) is 5.75 Å². The standard InChI is InChI=1S/C20H24N2O3/c1-4-25-19-8-6-5-7-18(19)21-20(24)13-14-22(16(3)23)17-11-9-15(2)10-12-17/h5-12H,4,13-14H2,1-3H3,(H,21,24). The summed E-state index contributed by atoms with van der Waals surface area (Å²) in [6, 6.07) is 15.0. The number of carbonyl (C=O) groups is 2. The molecule has 0 spiro atoms. The van der Waals surface area contributed by atoms with Crippen LogP contribution in [-0.2, 0) is 9.59 Å². The van der Waals surface area contributed by atoms with Gasteiger partial charge in [0, 0.05) is 25.6 Å². The lowest BCUT2D eigenvalue weighted by Gasteiger charge is -2.21. The fourth-order valence-corrected chi connectivity index (χ4v) is 2.47. The van der Waals surface area contributed by atoms with E-state index in [1.54, 1.807) is 11.0 Å². The van der Waals surface area contributed by atoms with Gasteiger partial charge < -0.3 is 15.0 Å². The van der Waals surface area contributed by atoms with Crippen LogP contribution >= 0.6 is 0 Å². The van der Waals surface area contributed by atoms with Crippen LogP contribution in [-0.4, -0.2) is 25.0 Å². The first-order chi connectivity index (χ1) is 12.0. The van der Waals surface area contributed by atoms with Crippen molar-refractivity contribution in [1.29, 1.82) is 0 Å². The summed E-state index contributed by atoms with van der Waals surface area (Å²) in [5.74, 6) is 0.386. The Morgan fingerprint density at radius 2 is 1.76 bits per heavy atom. The maximum absolute atomic E-state index is 12.3. The van der Waals surface area contributed by atoms with Crippen molar-refractivity contribution in [2.45, 2.75) is 27.2 Å². The van der Waals surface area contributed by atoms with E-state index in [4.69, 9.17) is 4.74 Å². The Kier molecular flexibility index (Phi) is 6.57. The van der Waals surface area contributed by atoms with E-state index in [9.17, 15) is 9.59 Å². The quantitative estimate of drug-likeness (QED) is 0.834. The number of carbonyl (C=O) groups excluding carboxylic acids is 2. The first-order valence-electron chi connectivity index (χ1n) is 8.37. The predicted octanol–water partition coefficient (Wildman–Crippen LogP) is 3.78. The molecule has 1 N–H and O–H groups in total. The molecule has 0 saturated carbocycles. The van der Waals surface area contributed by atoms with Crippen LogP contribution in [0.25, 0.3) is 0 Å². The van der Waals surface area contributed by atoms with Gasteiger partial charge in [0.25, 0.3) is 0 Å². The highest BCUT2D eigenvalue weighted by Crippen LogP contribution is 2.24. The Bertz CT molecular complexity index is 726. The van der Waals surface area contributed by atoms with Crippen LogP contribution in [0, 0.1) is 6.92 Å². The molecule has 0 aromatic heterocycles. The van der Waals surface area contributed by atoms with Gasteiger partial charge in [-0.3, -0.25) is 9.59 Å². The summed E-state index contributed by atoms with van der Waals surface area (Å²) in [5, 5.41) is 2.85. The van der Waals surface area contributed by atoms with Crippen LogP contribution in [0.3, 0.4) is 0 Å². The highest BCUT2D eigenvalue weighted by molar-refractivity contribution is 5.95. The van der Waals surface area contributed by atoms with Crippen LogP contribution < -0.4 is 15.0 Å². The van der Waals surface area contributed by atoms with Crippen LogP contribution in [0.4, 0.5) is 11.4 Å². The Hall–Kier alpha value is -2.82. The fourth-order valence-electron chi connectivity index (χ4n) is 2.47. The van der Waals surface area contributed by atoms with Crippen LogP contribution in [0.2, 0.25) is 0 Å². The zero-order valence-corrected chi connectivity index (χ0v) is 14.9. The van der Waals surface area contributed by atoms with Gasteiger partial charge in [-0.15, -0.1) is 0 Å². The molecule has 5 heteroatoms. The Labute approximate surface area is 148 Å². The van der Waals surface area contributed by atoms with Crippen molar-refractivity contribution in [1.82, 2.24) is 0 Å². The number of hydrogen-bond acceptors (Lipinski definition) is 3. The largest absolute Gasteiger partial charge is 0.492 e. The molecule has 0 aliphatic rings. The summed E-state index contributed by atoms with van der Waals surface area (Å²) >= 11 is 0. The average molecular weight is 340 g/mol. The molecule has 0 bridgehead atoms. The van der Waals surface area contributed by atoms with E-state index >= 15 is 0 Å². The van der Waals surface area contributed by atoms with E-state index in [-0.39, 0.29) is 18.2 Å². The van der Waals surface area contributed by atoms with Crippen LogP contribution in [0.1, 0.15) is 25.8 Å². The van der Waals surface area contributed by atoms with Crippen molar-refractivity contribution in [2.75, 3.05) is 23.4 Å². The topological polar surface area (TPSA) is 58.6 Å². The number of nitrogens with zero attached hydrogens (tertiary/aromatic N) is 1. The van der Waals surface area contributed by atoms with E-state index in [0.717, 1.165) is 11.3 Å². The van der Waals surface area contributed by atoms with Crippen molar-refractivity contribution in [3.8, 4) is 5.75 Å². The number of anilines is 2. The minimum Gasteiger partial charge on any atom is -0.492 e. The van der Waals surface area contributed by atoms with Gasteiger partial charge in [-0.05, 0) is 38.1 Å². The lowest BCUT2D eigenvalue weighted by Crippen LogP contribution is -2.32. The van der Waals surface area contributed by atoms with Gasteiger partial charge in [0.2, 0.25) is 11.8 Å². The third-order valence-corrected chi connectivity index (χ3v) is 3.75. The maximum Gasteiger partial charge on any atom is 0.226 e. The van der Waals surface area contributed by atoms with E-state index in [2.05, 4.69) is 5.32 Å². The minimum atomic E-state index is -0.162. The Morgan fingerprint density at radius 1 is 1.08 bits per heavy atom. The molecule has 0 aliphatic carbocycles. The molecule has 0 radical (unpaired) electrons. The molecular weight excluding hydrogens is 316 g/mol. The molecule has 25 heavy (non-hydrogen) atoms. The second kappa shape index (κ2) is 8.87. The van der Waals surface area contributed by atoms with E-state index in [1.165, 1.54) is 6.92 Å². The van der Waals surface area contributed by atoms with Crippen LogP contribution in [0.5, 0.6) is 5.75 Å². The molecule has 0 aliphatic heterocycles. The molecule has 132 valence electrons. The number of nitrogens with one attached hydrogen (secondary N) is 1. The van der Waals surface area contributed by atoms with Gasteiger partial charge in [-0.1, -0.05) is 29.8 Å². The van der Waals surface area contributed by atoms with E-state index in [0.29, 0.717) is 24.6 Å². The molecule has 2 amide bonds. The third-order valence-electron chi connectivity index (χ3n) is 3.75. The number of amides is 2. The molecule has 2 rings (SSSR count). The average Bonchev–Trinajstić information content (AvgIpc) is 2.58. The zero-order chi connectivity index (χ0) is 18.2. The molecule has 2 aromatic rings. The smallest absolute Gasteiger partial charge is 0.226 e. The number of benzene rings is 2. The minimum absolute atomic E-state index is 0.0913. The van der Waals surface area contributed by atoms with E-state index < -0.39 is 0 Å². The second-order valence-electron chi connectivity index (χ2n) is 5.73. The number of hydrogen-bond donors (Lipinski definition) is 1. The number of aryl methyl sites for hydroxylation is 1. The van der Waals surface area contributed by atoms with Crippen molar-refractivity contribution in [3.05, 3.63) is 54.1 Å². The van der Waals surface area contributed by atoms with Crippen molar-refractivity contribution in [3.63, 3.8) is 0 Å². The van der Waals surface area contributed by atoms with Gasteiger partial charge in [-0.2, -0.15) is 0 Å². The summed E-state index contributed by atoms with van der Waals surface area (Å²) in [7, 11) is 0. The summed E-state index contributed by atoms with van der Waals surface area (Å²) in [6.45, 7) is 6.23. The summed E-state index contributed by atoms with van der Waals surface area (Å²) < 4.78 is 5.50.